The maximum atomic E-state index is 11.6. The van der Waals surface area contributed by atoms with Gasteiger partial charge in [0.15, 0.2) is 0 Å². The fraction of sp³-hybridized carbons (Fsp3) is 0.533. The summed E-state index contributed by atoms with van der Waals surface area (Å²) < 4.78 is 0. The molecule has 17 heavy (non-hydrogen) atoms. The third kappa shape index (κ3) is 3.09. The Morgan fingerprint density at radius 2 is 2.12 bits per heavy atom. The molecule has 0 aliphatic heterocycles. The number of carbonyl (C=O) groups excluding carboxylic acids is 1. The van der Waals surface area contributed by atoms with E-state index >= 15 is 0 Å². The molecule has 0 radical (unpaired) electrons. The Labute approximate surface area is 103 Å². The standard InChI is InChI=1S/C15H21NO/c1-11-6-7-13(12(2)10-11)8-9-16-15(17)14-4-3-5-14/h6-7,10,14H,3-5,8-9H2,1-2H3,(H,16,17). The number of hydrogen-bond acceptors (Lipinski definition) is 1. The zero-order valence-corrected chi connectivity index (χ0v) is 10.8. The van der Waals surface area contributed by atoms with Gasteiger partial charge < -0.3 is 5.32 Å². The van der Waals surface area contributed by atoms with Crippen molar-refractivity contribution in [1.29, 1.82) is 0 Å². The van der Waals surface area contributed by atoms with E-state index in [9.17, 15) is 4.79 Å². The predicted octanol–water partition coefficient (Wildman–Crippen LogP) is 2.76. The first-order valence-corrected chi connectivity index (χ1v) is 6.50. The highest BCUT2D eigenvalue weighted by molar-refractivity contribution is 5.79. The Bertz CT molecular complexity index is 407. The summed E-state index contributed by atoms with van der Waals surface area (Å²) >= 11 is 0. The van der Waals surface area contributed by atoms with E-state index in [0.717, 1.165) is 25.8 Å². The van der Waals surface area contributed by atoms with E-state index in [1.807, 2.05) is 0 Å². The number of aryl methyl sites for hydroxylation is 2. The first-order valence-electron chi connectivity index (χ1n) is 6.50. The molecule has 0 saturated heterocycles. The molecule has 92 valence electrons. The van der Waals surface area contributed by atoms with E-state index in [-0.39, 0.29) is 5.91 Å². The SMILES string of the molecule is Cc1ccc(CCNC(=O)C2CCC2)c(C)c1. The Balaban J connectivity index is 1.79. The van der Waals surface area contributed by atoms with Crippen molar-refractivity contribution in [2.45, 2.75) is 39.5 Å². The second-order valence-electron chi connectivity index (χ2n) is 5.10. The molecule has 1 aliphatic rings. The van der Waals surface area contributed by atoms with Crippen molar-refractivity contribution in [2.75, 3.05) is 6.54 Å². The highest BCUT2D eigenvalue weighted by atomic mass is 16.1. The van der Waals surface area contributed by atoms with Gasteiger partial charge in [0.2, 0.25) is 5.91 Å². The van der Waals surface area contributed by atoms with E-state index in [1.165, 1.54) is 23.1 Å². The van der Waals surface area contributed by atoms with Crippen molar-refractivity contribution in [3.8, 4) is 0 Å². The summed E-state index contributed by atoms with van der Waals surface area (Å²) in [6.45, 7) is 5.00. The highest BCUT2D eigenvalue weighted by Crippen LogP contribution is 2.26. The van der Waals surface area contributed by atoms with Crippen molar-refractivity contribution >= 4 is 5.91 Å². The molecule has 2 nitrogen and oxygen atoms in total. The Morgan fingerprint density at radius 3 is 2.71 bits per heavy atom. The summed E-state index contributed by atoms with van der Waals surface area (Å²) in [5.74, 6) is 0.551. The van der Waals surface area contributed by atoms with Crippen LogP contribution in [-0.2, 0) is 11.2 Å². The van der Waals surface area contributed by atoms with Crippen LogP contribution in [0.1, 0.15) is 36.0 Å². The summed E-state index contributed by atoms with van der Waals surface area (Å²) in [7, 11) is 0. The summed E-state index contributed by atoms with van der Waals surface area (Å²) in [6, 6.07) is 6.50. The van der Waals surface area contributed by atoms with E-state index in [0.29, 0.717) is 5.92 Å². The van der Waals surface area contributed by atoms with Gasteiger partial charge in [-0.2, -0.15) is 0 Å². The first kappa shape index (κ1) is 12.2. The number of rotatable bonds is 4. The van der Waals surface area contributed by atoms with E-state index in [2.05, 4.69) is 37.4 Å². The summed E-state index contributed by atoms with van der Waals surface area (Å²) in [6.07, 6.45) is 4.31. The van der Waals surface area contributed by atoms with Crippen LogP contribution in [0.25, 0.3) is 0 Å². The molecule has 0 bridgehead atoms. The minimum absolute atomic E-state index is 0.251. The zero-order valence-electron chi connectivity index (χ0n) is 10.8. The number of amides is 1. The lowest BCUT2D eigenvalue weighted by Gasteiger charge is -2.24. The summed E-state index contributed by atoms with van der Waals surface area (Å²) in [4.78, 5) is 11.6. The molecule has 1 N–H and O–H groups in total. The quantitative estimate of drug-likeness (QED) is 0.848. The molecule has 1 saturated carbocycles. The van der Waals surface area contributed by atoms with E-state index < -0.39 is 0 Å². The molecule has 1 aromatic rings. The Hall–Kier alpha value is -1.31. The second-order valence-corrected chi connectivity index (χ2v) is 5.10. The van der Waals surface area contributed by atoms with Crippen LogP contribution in [0.5, 0.6) is 0 Å². The van der Waals surface area contributed by atoms with Crippen LogP contribution < -0.4 is 5.32 Å². The van der Waals surface area contributed by atoms with Gasteiger partial charge in [0.05, 0.1) is 0 Å². The van der Waals surface area contributed by atoms with Crippen molar-refractivity contribution in [3.63, 3.8) is 0 Å². The number of carbonyl (C=O) groups is 1. The normalized spacial score (nSPS) is 15.4. The van der Waals surface area contributed by atoms with Crippen LogP contribution >= 0.6 is 0 Å². The second kappa shape index (κ2) is 5.35. The Kier molecular flexibility index (Phi) is 3.82. The molecule has 1 aromatic carbocycles. The van der Waals surface area contributed by atoms with Gasteiger partial charge in [0.25, 0.3) is 0 Å². The highest BCUT2D eigenvalue weighted by Gasteiger charge is 2.24. The maximum absolute atomic E-state index is 11.6. The van der Waals surface area contributed by atoms with E-state index in [1.54, 1.807) is 0 Å². The average molecular weight is 231 g/mol. The van der Waals surface area contributed by atoms with Gasteiger partial charge in [-0.1, -0.05) is 30.2 Å². The lowest BCUT2D eigenvalue weighted by Crippen LogP contribution is -2.35. The molecule has 0 spiro atoms. The Morgan fingerprint density at radius 1 is 1.35 bits per heavy atom. The molecule has 1 amide bonds. The van der Waals surface area contributed by atoms with Crippen LogP contribution in [-0.4, -0.2) is 12.5 Å². The lowest BCUT2D eigenvalue weighted by molar-refractivity contribution is -0.127. The van der Waals surface area contributed by atoms with Crippen LogP contribution in [0, 0.1) is 19.8 Å². The molecule has 0 unspecified atom stereocenters. The molecular formula is C15H21NO. The first-order chi connectivity index (χ1) is 8.16. The molecule has 1 aliphatic carbocycles. The lowest BCUT2D eigenvalue weighted by atomic mass is 9.85. The van der Waals surface area contributed by atoms with Crippen molar-refractivity contribution < 1.29 is 4.79 Å². The van der Waals surface area contributed by atoms with Gasteiger partial charge in [-0.15, -0.1) is 0 Å². The van der Waals surface area contributed by atoms with Crippen molar-refractivity contribution in [3.05, 3.63) is 34.9 Å². The molecular weight excluding hydrogens is 210 g/mol. The minimum Gasteiger partial charge on any atom is -0.356 e. The summed E-state index contributed by atoms with van der Waals surface area (Å²) in [5.41, 5.74) is 3.96. The number of hydrogen-bond donors (Lipinski definition) is 1. The molecule has 2 heteroatoms. The van der Waals surface area contributed by atoms with Gasteiger partial charge in [-0.25, -0.2) is 0 Å². The van der Waals surface area contributed by atoms with Gasteiger partial charge in [0, 0.05) is 12.5 Å². The van der Waals surface area contributed by atoms with Crippen molar-refractivity contribution in [2.24, 2.45) is 5.92 Å². The van der Waals surface area contributed by atoms with Gasteiger partial charge >= 0.3 is 0 Å². The van der Waals surface area contributed by atoms with Crippen LogP contribution in [0.3, 0.4) is 0 Å². The van der Waals surface area contributed by atoms with E-state index in [4.69, 9.17) is 0 Å². The number of benzene rings is 1. The average Bonchev–Trinajstić information content (AvgIpc) is 2.18. The van der Waals surface area contributed by atoms with Crippen LogP contribution in [0.4, 0.5) is 0 Å². The largest absolute Gasteiger partial charge is 0.356 e. The molecule has 1 fully saturated rings. The molecule has 0 atom stereocenters. The topological polar surface area (TPSA) is 29.1 Å². The van der Waals surface area contributed by atoms with Gasteiger partial charge in [-0.05, 0) is 44.2 Å². The van der Waals surface area contributed by atoms with Gasteiger partial charge in [0.1, 0.15) is 0 Å². The minimum atomic E-state index is 0.251. The molecule has 0 heterocycles. The predicted molar refractivity (Wildman–Crippen MR) is 70.0 cm³/mol. The smallest absolute Gasteiger partial charge is 0.223 e. The molecule has 0 aromatic heterocycles. The number of nitrogens with one attached hydrogen (secondary N) is 1. The zero-order chi connectivity index (χ0) is 12.3. The fourth-order valence-electron chi connectivity index (χ4n) is 2.26. The molecule has 2 rings (SSSR count). The fourth-order valence-corrected chi connectivity index (χ4v) is 2.26. The third-order valence-electron chi connectivity index (χ3n) is 3.67. The summed E-state index contributed by atoms with van der Waals surface area (Å²) in [5, 5.41) is 3.04. The van der Waals surface area contributed by atoms with Crippen molar-refractivity contribution in [1.82, 2.24) is 5.32 Å². The van der Waals surface area contributed by atoms with Crippen LogP contribution in [0.15, 0.2) is 18.2 Å². The van der Waals surface area contributed by atoms with Crippen LogP contribution in [0.2, 0.25) is 0 Å². The maximum Gasteiger partial charge on any atom is 0.223 e. The third-order valence-corrected chi connectivity index (χ3v) is 3.67. The monoisotopic (exact) mass is 231 g/mol. The van der Waals surface area contributed by atoms with Gasteiger partial charge in [-0.3, -0.25) is 4.79 Å².